The van der Waals surface area contributed by atoms with Crippen LogP contribution in [0.5, 0.6) is 11.5 Å². The summed E-state index contributed by atoms with van der Waals surface area (Å²) in [7, 11) is -5.13. The molecule has 0 unspecified atom stereocenters. The summed E-state index contributed by atoms with van der Waals surface area (Å²) >= 11 is 1.58. The molecule has 1 spiro atoms. The van der Waals surface area contributed by atoms with Crippen molar-refractivity contribution in [2.75, 3.05) is 0 Å². The molecule has 44 heavy (non-hydrogen) atoms. The topological polar surface area (TPSA) is 90.9 Å². The summed E-state index contributed by atoms with van der Waals surface area (Å²) in [6.45, 7) is 28.1. The monoisotopic (exact) mass is 647 g/mol. The second kappa shape index (κ2) is 11.6. The van der Waals surface area contributed by atoms with Gasteiger partial charge in [-0.3, -0.25) is 0 Å². The van der Waals surface area contributed by atoms with Crippen molar-refractivity contribution in [1.29, 1.82) is 0 Å². The van der Waals surface area contributed by atoms with Crippen LogP contribution in [-0.4, -0.2) is 35.2 Å². The summed E-state index contributed by atoms with van der Waals surface area (Å²) in [5.41, 5.74) is 3.36. The average Bonchev–Trinajstić information content (AvgIpc) is 3.12. The van der Waals surface area contributed by atoms with Crippen LogP contribution in [0.4, 0.5) is 4.79 Å². The molecule has 4 rings (SSSR count). The molecule has 1 amide bonds. The number of carbonyl (C=O) groups excluding carboxylic acids is 1. The molecular formula is C33H50N3O6PS. The zero-order valence-corrected chi connectivity index (χ0v) is 30.5. The number of nitrogens with zero attached hydrogens (tertiary/aromatic N) is 2. The van der Waals surface area contributed by atoms with Crippen molar-refractivity contribution in [2.45, 2.75) is 136 Å². The minimum absolute atomic E-state index is 0.142. The number of amides is 1. The standard InChI is InChI=1S/C33H50N3O6PS/c1-19(2)35-43(36(31(37)39-21(5)6)34-30(42-43)38-20(3)4)40-28-24(32(9,10)11)15-22(7)17-26(28)44-27-18-23(8)16-25(29(27)41-43)33(12,13)14/h15-21,35H,1-14H3. The Labute approximate surface area is 267 Å². The van der Waals surface area contributed by atoms with Crippen LogP contribution in [0.25, 0.3) is 0 Å². The van der Waals surface area contributed by atoms with E-state index in [1.807, 2.05) is 27.7 Å². The molecule has 2 aromatic rings. The Morgan fingerprint density at radius 1 is 0.818 bits per heavy atom. The van der Waals surface area contributed by atoms with Crippen LogP contribution in [0, 0.1) is 13.8 Å². The Morgan fingerprint density at radius 2 is 1.30 bits per heavy atom. The summed E-state index contributed by atoms with van der Waals surface area (Å²) in [6, 6.07) is 8.14. The molecule has 11 heteroatoms. The van der Waals surface area contributed by atoms with Gasteiger partial charge in [-0.2, -0.15) is 0 Å². The Balaban J connectivity index is 2.21. The van der Waals surface area contributed by atoms with Gasteiger partial charge in [0.15, 0.2) is 0 Å². The van der Waals surface area contributed by atoms with Crippen molar-refractivity contribution < 1.29 is 27.8 Å². The van der Waals surface area contributed by atoms with E-state index in [0.717, 1.165) is 36.8 Å². The van der Waals surface area contributed by atoms with E-state index in [-0.39, 0.29) is 29.1 Å². The molecule has 0 bridgehead atoms. The number of hydrogen-bond acceptors (Lipinski definition) is 9. The second-order valence-electron chi connectivity index (χ2n) is 14.5. The molecule has 0 fully saturated rings. The van der Waals surface area contributed by atoms with Gasteiger partial charge in [-0.1, -0.05) is 0 Å². The predicted octanol–water partition coefficient (Wildman–Crippen LogP) is 9.52. The van der Waals surface area contributed by atoms with Crippen molar-refractivity contribution in [3.05, 3.63) is 46.5 Å². The summed E-state index contributed by atoms with van der Waals surface area (Å²) in [6.07, 6.45) is -1.67. The van der Waals surface area contributed by atoms with Gasteiger partial charge in [0.2, 0.25) is 0 Å². The van der Waals surface area contributed by atoms with E-state index in [9.17, 15) is 4.79 Å². The van der Waals surface area contributed by atoms with Crippen molar-refractivity contribution in [2.24, 2.45) is 5.10 Å². The van der Waals surface area contributed by atoms with Gasteiger partial charge >= 0.3 is 268 Å². The number of nitrogens with one attached hydrogen (secondary N) is 1. The second-order valence-corrected chi connectivity index (χ2v) is 18.5. The normalized spacial score (nSPS) is 18.2. The minimum atomic E-state index is -5.13. The molecule has 0 aliphatic carbocycles. The Bertz CT molecular complexity index is 1400. The third kappa shape index (κ3) is 6.63. The first kappa shape index (κ1) is 34.2. The average molecular weight is 648 g/mol. The number of hydrogen-bond donors (Lipinski definition) is 1. The SMILES string of the molecule is Cc1cc2c(c(C(C)(C)C)c1)OP1(NC(C)C)(OC(OC(C)C)=NN1C(=O)OC(C)C)Oc1c(cc(C)cc1C(C)(C)C)S2. The molecule has 244 valence electrons. The van der Waals surface area contributed by atoms with E-state index in [1.54, 1.807) is 25.6 Å². The fraction of sp³-hybridized carbons (Fsp3) is 0.576. The van der Waals surface area contributed by atoms with E-state index < -0.39 is 19.8 Å². The van der Waals surface area contributed by atoms with Gasteiger partial charge in [-0.05, 0) is 0 Å². The Kier molecular flexibility index (Phi) is 9.01. The number of fused-ring (bicyclic) bond motifs is 2. The number of ether oxygens (including phenoxy) is 2. The molecular weight excluding hydrogens is 597 g/mol. The van der Waals surface area contributed by atoms with Crippen LogP contribution >= 0.6 is 19.3 Å². The van der Waals surface area contributed by atoms with Crippen LogP contribution in [0.3, 0.4) is 0 Å². The molecule has 0 radical (unpaired) electrons. The first-order valence-electron chi connectivity index (χ1n) is 15.3. The van der Waals surface area contributed by atoms with Crippen molar-refractivity contribution in [3.63, 3.8) is 0 Å². The maximum atomic E-state index is 14.1. The van der Waals surface area contributed by atoms with E-state index in [2.05, 4.69) is 89.8 Å². The first-order chi connectivity index (χ1) is 20.1. The number of rotatable bonds is 4. The Hall–Kier alpha value is -2.68. The van der Waals surface area contributed by atoms with Crippen molar-refractivity contribution in [1.82, 2.24) is 9.87 Å². The zero-order chi connectivity index (χ0) is 33.0. The van der Waals surface area contributed by atoms with Gasteiger partial charge in [0.05, 0.1) is 0 Å². The van der Waals surface area contributed by atoms with Gasteiger partial charge in [0.25, 0.3) is 0 Å². The third-order valence-electron chi connectivity index (χ3n) is 6.79. The number of aryl methyl sites for hydroxylation is 2. The van der Waals surface area contributed by atoms with Crippen LogP contribution in [0.2, 0.25) is 0 Å². The quantitative estimate of drug-likeness (QED) is 0.328. The van der Waals surface area contributed by atoms with E-state index >= 15 is 0 Å². The molecule has 2 aliphatic rings. The fourth-order valence-corrected chi connectivity index (χ4v) is 9.86. The van der Waals surface area contributed by atoms with Crippen LogP contribution in [-0.2, 0) is 24.8 Å². The maximum absolute atomic E-state index is 14.1. The fourth-order valence-electron chi connectivity index (χ4n) is 5.10. The first-order valence-corrected chi connectivity index (χ1v) is 18.0. The molecule has 9 nitrogen and oxygen atoms in total. The van der Waals surface area contributed by atoms with E-state index in [4.69, 9.17) is 23.0 Å². The molecule has 0 aromatic heterocycles. The number of hydrazone groups is 1. The van der Waals surface area contributed by atoms with Crippen LogP contribution < -0.4 is 14.1 Å². The van der Waals surface area contributed by atoms with Gasteiger partial charge in [-0.15, -0.1) is 0 Å². The summed E-state index contributed by atoms with van der Waals surface area (Å²) in [4.78, 5) is 15.9. The predicted molar refractivity (Wildman–Crippen MR) is 179 cm³/mol. The number of carbonyl (C=O) groups is 1. The van der Waals surface area contributed by atoms with Crippen LogP contribution in [0.1, 0.15) is 105 Å². The summed E-state index contributed by atoms with van der Waals surface area (Å²) < 4.78 is 34.2. The Morgan fingerprint density at radius 3 is 1.68 bits per heavy atom. The van der Waals surface area contributed by atoms with Gasteiger partial charge in [-0.25, -0.2) is 0 Å². The summed E-state index contributed by atoms with van der Waals surface area (Å²) in [5.74, 6) is 1.10. The van der Waals surface area contributed by atoms with Crippen molar-refractivity contribution in [3.8, 4) is 11.5 Å². The van der Waals surface area contributed by atoms with E-state index in [1.165, 1.54) is 0 Å². The number of benzene rings is 2. The molecule has 1 N–H and O–H groups in total. The third-order valence-corrected chi connectivity index (χ3v) is 11.2. The molecule has 2 aromatic carbocycles. The molecule has 0 saturated carbocycles. The zero-order valence-electron chi connectivity index (χ0n) is 28.7. The molecule has 2 aliphatic heterocycles. The molecule has 2 heterocycles. The van der Waals surface area contributed by atoms with Crippen molar-refractivity contribution >= 4 is 31.5 Å². The molecule has 0 saturated heterocycles. The van der Waals surface area contributed by atoms with Crippen LogP contribution in [0.15, 0.2) is 39.2 Å². The van der Waals surface area contributed by atoms with E-state index in [0.29, 0.717) is 11.5 Å². The van der Waals surface area contributed by atoms with Gasteiger partial charge < -0.3 is 0 Å². The molecule has 0 atom stereocenters. The summed E-state index contributed by atoms with van der Waals surface area (Å²) in [5, 5.41) is 8.09. The van der Waals surface area contributed by atoms with Gasteiger partial charge in [0, 0.05) is 0 Å². The van der Waals surface area contributed by atoms with Gasteiger partial charge in [0.1, 0.15) is 0 Å².